The maximum Gasteiger partial charge on any atom is 0.0281 e. The summed E-state index contributed by atoms with van der Waals surface area (Å²) in [6.45, 7) is 6.16. The van der Waals surface area contributed by atoms with Gasteiger partial charge in [0.05, 0.1) is 0 Å². The highest BCUT2D eigenvalue weighted by atomic mass is 32.2. The second kappa shape index (κ2) is 8.19. The zero-order valence-electron chi connectivity index (χ0n) is 10.8. The van der Waals surface area contributed by atoms with Crippen molar-refractivity contribution in [1.29, 1.82) is 0 Å². The van der Waals surface area contributed by atoms with Crippen LogP contribution in [0.25, 0.3) is 0 Å². The van der Waals surface area contributed by atoms with E-state index < -0.39 is 0 Å². The van der Waals surface area contributed by atoms with Gasteiger partial charge in [-0.1, -0.05) is 25.3 Å². The van der Waals surface area contributed by atoms with Crippen LogP contribution in [-0.2, 0) is 0 Å². The van der Waals surface area contributed by atoms with Crippen LogP contribution in [0.15, 0.2) is 12.7 Å². The van der Waals surface area contributed by atoms with Crippen molar-refractivity contribution in [1.82, 2.24) is 5.32 Å². The summed E-state index contributed by atoms with van der Waals surface area (Å²) in [6, 6.07) is 0. The SMILES string of the molecule is C=CCCCCCNCC1(SC)CCCC1. The van der Waals surface area contributed by atoms with Crippen LogP contribution in [0, 0.1) is 0 Å². The van der Waals surface area contributed by atoms with Crippen LogP contribution in [0.4, 0.5) is 0 Å². The molecular formula is C14H27NS. The largest absolute Gasteiger partial charge is 0.315 e. The van der Waals surface area contributed by atoms with Gasteiger partial charge < -0.3 is 5.32 Å². The van der Waals surface area contributed by atoms with Crippen molar-refractivity contribution in [2.45, 2.75) is 56.1 Å². The predicted molar refractivity (Wildman–Crippen MR) is 76.2 cm³/mol. The number of hydrogen-bond donors (Lipinski definition) is 1. The van der Waals surface area contributed by atoms with Crippen LogP contribution < -0.4 is 5.32 Å². The molecule has 1 N–H and O–H groups in total. The highest BCUT2D eigenvalue weighted by Gasteiger charge is 2.32. The van der Waals surface area contributed by atoms with Gasteiger partial charge in [-0.15, -0.1) is 6.58 Å². The molecule has 0 aliphatic heterocycles. The first-order valence-electron chi connectivity index (χ1n) is 6.70. The lowest BCUT2D eigenvalue weighted by Crippen LogP contribution is -2.35. The zero-order valence-corrected chi connectivity index (χ0v) is 11.6. The van der Waals surface area contributed by atoms with Crippen LogP contribution in [-0.4, -0.2) is 24.1 Å². The Morgan fingerprint density at radius 1 is 1.25 bits per heavy atom. The first kappa shape index (κ1) is 14.1. The molecule has 0 bridgehead atoms. The number of thioether (sulfide) groups is 1. The van der Waals surface area contributed by atoms with E-state index in [1.807, 2.05) is 6.08 Å². The van der Waals surface area contributed by atoms with Crippen LogP contribution in [0.5, 0.6) is 0 Å². The van der Waals surface area contributed by atoms with Gasteiger partial charge in [0, 0.05) is 11.3 Å². The van der Waals surface area contributed by atoms with Crippen LogP contribution >= 0.6 is 11.8 Å². The number of rotatable bonds is 9. The summed E-state index contributed by atoms with van der Waals surface area (Å²) >= 11 is 2.08. The Kier molecular flexibility index (Phi) is 7.22. The molecule has 1 saturated carbocycles. The zero-order chi connectivity index (χ0) is 11.7. The first-order chi connectivity index (χ1) is 7.83. The standard InChI is InChI=1S/C14H27NS/c1-3-4-5-6-9-12-15-13-14(16-2)10-7-8-11-14/h3,15H,1,4-13H2,2H3. The van der Waals surface area contributed by atoms with E-state index in [0.717, 1.165) is 0 Å². The van der Waals surface area contributed by atoms with Crippen molar-refractivity contribution in [3.05, 3.63) is 12.7 Å². The molecule has 0 amide bonds. The minimum Gasteiger partial charge on any atom is -0.315 e. The fourth-order valence-corrected chi connectivity index (χ4v) is 3.45. The molecule has 0 aromatic carbocycles. The molecule has 0 aromatic heterocycles. The maximum absolute atomic E-state index is 3.75. The third kappa shape index (κ3) is 4.92. The Labute approximate surface area is 105 Å². The van der Waals surface area contributed by atoms with Gasteiger partial charge in [0.25, 0.3) is 0 Å². The lowest BCUT2D eigenvalue weighted by Gasteiger charge is -2.27. The summed E-state index contributed by atoms with van der Waals surface area (Å²) < 4.78 is 0.571. The van der Waals surface area contributed by atoms with Crippen molar-refractivity contribution in [3.63, 3.8) is 0 Å². The molecule has 0 aromatic rings. The summed E-state index contributed by atoms with van der Waals surface area (Å²) in [5.41, 5.74) is 0. The lowest BCUT2D eigenvalue weighted by molar-refractivity contribution is 0.518. The van der Waals surface area contributed by atoms with Gasteiger partial charge in [-0.2, -0.15) is 11.8 Å². The van der Waals surface area contributed by atoms with Crippen LogP contribution in [0.3, 0.4) is 0 Å². The van der Waals surface area contributed by atoms with Gasteiger partial charge in [0.2, 0.25) is 0 Å². The first-order valence-corrected chi connectivity index (χ1v) is 7.92. The smallest absolute Gasteiger partial charge is 0.0281 e. The summed E-state index contributed by atoms with van der Waals surface area (Å²) in [5, 5.41) is 3.65. The molecule has 1 rings (SSSR count). The normalized spacial score (nSPS) is 18.8. The maximum atomic E-state index is 3.75. The molecule has 1 aliphatic carbocycles. The molecule has 94 valence electrons. The second-order valence-corrected chi connectivity index (χ2v) is 6.18. The highest BCUT2D eigenvalue weighted by Crippen LogP contribution is 2.39. The van der Waals surface area contributed by atoms with E-state index >= 15 is 0 Å². The van der Waals surface area contributed by atoms with E-state index in [2.05, 4.69) is 29.9 Å². The van der Waals surface area contributed by atoms with Crippen molar-refractivity contribution >= 4 is 11.8 Å². The number of nitrogens with one attached hydrogen (secondary N) is 1. The third-order valence-corrected chi connectivity index (χ3v) is 5.08. The van der Waals surface area contributed by atoms with Crippen molar-refractivity contribution < 1.29 is 0 Å². The third-order valence-electron chi connectivity index (χ3n) is 3.66. The Balaban J connectivity index is 1.99. The Hall–Kier alpha value is 0.0500. The van der Waals surface area contributed by atoms with E-state index in [4.69, 9.17) is 0 Å². The van der Waals surface area contributed by atoms with Gasteiger partial charge in [0.1, 0.15) is 0 Å². The quantitative estimate of drug-likeness (QED) is 0.484. The molecule has 1 fully saturated rings. The van der Waals surface area contributed by atoms with E-state index in [0.29, 0.717) is 4.75 Å². The minimum absolute atomic E-state index is 0.571. The van der Waals surface area contributed by atoms with Crippen molar-refractivity contribution in [3.8, 4) is 0 Å². The molecule has 1 aliphatic rings. The molecule has 0 radical (unpaired) electrons. The summed E-state index contributed by atoms with van der Waals surface area (Å²) in [4.78, 5) is 0. The monoisotopic (exact) mass is 241 g/mol. The van der Waals surface area contributed by atoms with Gasteiger partial charge in [-0.05, 0) is 44.9 Å². The van der Waals surface area contributed by atoms with E-state index in [-0.39, 0.29) is 0 Å². The fourth-order valence-electron chi connectivity index (χ4n) is 2.50. The Morgan fingerprint density at radius 2 is 2.00 bits per heavy atom. The summed E-state index contributed by atoms with van der Waals surface area (Å²) in [6.07, 6.45) is 15.1. The van der Waals surface area contributed by atoms with Crippen molar-refractivity contribution in [2.24, 2.45) is 0 Å². The predicted octanol–water partition coefficient (Wildman–Crippen LogP) is 4.00. The average molecular weight is 241 g/mol. The van der Waals surface area contributed by atoms with E-state index in [9.17, 15) is 0 Å². The molecule has 0 atom stereocenters. The molecule has 0 saturated heterocycles. The second-order valence-electron chi connectivity index (χ2n) is 4.91. The van der Waals surface area contributed by atoms with E-state index in [1.54, 1.807) is 0 Å². The molecule has 0 heterocycles. The molecule has 1 nitrogen and oxygen atoms in total. The van der Waals surface area contributed by atoms with Gasteiger partial charge >= 0.3 is 0 Å². The number of allylic oxidation sites excluding steroid dienone is 1. The highest BCUT2D eigenvalue weighted by molar-refractivity contribution is 8.00. The van der Waals surface area contributed by atoms with Crippen molar-refractivity contribution in [2.75, 3.05) is 19.3 Å². The average Bonchev–Trinajstić information content (AvgIpc) is 2.77. The Morgan fingerprint density at radius 3 is 2.62 bits per heavy atom. The number of unbranched alkanes of at least 4 members (excludes halogenated alkanes) is 3. The molecule has 2 heteroatoms. The topological polar surface area (TPSA) is 12.0 Å². The van der Waals surface area contributed by atoms with Gasteiger partial charge in [-0.25, -0.2) is 0 Å². The molecule has 16 heavy (non-hydrogen) atoms. The van der Waals surface area contributed by atoms with Crippen LogP contribution in [0.2, 0.25) is 0 Å². The summed E-state index contributed by atoms with van der Waals surface area (Å²) in [7, 11) is 0. The lowest BCUT2D eigenvalue weighted by atomic mass is 10.1. The minimum atomic E-state index is 0.571. The van der Waals surface area contributed by atoms with Gasteiger partial charge in [0.15, 0.2) is 0 Å². The van der Waals surface area contributed by atoms with Gasteiger partial charge in [-0.3, -0.25) is 0 Å². The summed E-state index contributed by atoms with van der Waals surface area (Å²) in [5.74, 6) is 0. The van der Waals surface area contributed by atoms with Crippen LogP contribution in [0.1, 0.15) is 51.4 Å². The molecular weight excluding hydrogens is 214 g/mol. The fraction of sp³-hybridized carbons (Fsp3) is 0.857. The Bertz CT molecular complexity index is 185. The molecule has 0 unspecified atom stereocenters. The van der Waals surface area contributed by atoms with E-state index in [1.165, 1.54) is 64.5 Å². The number of hydrogen-bond acceptors (Lipinski definition) is 2. The molecule has 0 spiro atoms.